The van der Waals surface area contributed by atoms with E-state index in [1.807, 2.05) is 23.1 Å². The highest BCUT2D eigenvalue weighted by molar-refractivity contribution is 5.76. The van der Waals surface area contributed by atoms with Gasteiger partial charge in [0.05, 0.1) is 13.2 Å². The molecule has 0 atom stereocenters. The van der Waals surface area contributed by atoms with Crippen molar-refractivity contribution >= 4 is 5.91 Å². The predicted octanol–water partition coefficient (Wildman–Crippen LogP) is 2.46. The number of amides is 1. The maximum atomic E-state index is 12.3. The van der Waals surface area contributed by atoms with Crippen LogP contribution in [0.5, 0.6) is 0 Å². The number of carbonyl (C=O) groups is 1. The molecule has 1 aliphatic rings. The third-order valence-corrected chi connectivity index (χ3v) is 3.31. The van der Waals surface area contributed by atoms with Crippen molar-refractivity contribution in [3.05, 3.63) is 35.9 Å². The zero-order valence-corrected chi connectivity index (χ0v) is 11.1. The summed E-state index contributed by atoms with van der Waals surface area (Å²) in [5.74, 6) is 0.664. The van der Waals surface area contributed by atoms with Crippen LogP contribution in [0.1, 0.15) is 25.8 Å². The number of carbonyl (C=O) groups excluding carboxylic acids is 1. The summed E-state index contributed by atoms with van der Waals surface area (Å²) in [7, 11) is 0. The van der Waals surface area contributed by atoms with E-state index in [1.54, 1.807) is 0 Å². The van der Waals surface area contributed by atoms with Gasteiger partial charge in [0.25, 0.3) is 0 Å². The van der Waals surface area contributed by atoms with E-state index in [-0.39, 0.29) is 11.9 Å². The molecule has 2 rings (SSSR count). The second kappa shape index (κ2) is 6.01. The van der Waals surface area contributed by atoms with Crippen LogP contribution in [-0.4, -0.2) is 30.1 Å². The van der Waals surface area contributed by atoms with Gasteiger partial charge in [0.1, 0.15) is 0 Å². The van der Waals surface area contributed by atoms with Crippen LogP contribution >= 0.6 is 0 Å². The van der Waals surface area contributed by atoms with Crippen molar-refractivity contribution in [1.29, 1.82) is 0 Å². The molecule has 0 saturated carbocycles. The Bertz CT molecular complexity index is 385. The molecule has 1 aromatic rings. The molecule has 0 spiro atoms. The number of hydrogen-bond acceptors (Lipinski definition) is 2. The lowest BCUT2D eigenvalue weighted by atomic mass is 10.0. The minimum Gasteiger partial charge on any atom is -0.381 e. The standard InChI is InChI=1S/C15H21NO2/c1-12(2)16(9-13-6-4-3-5-7-13)15(17)8-14-10-18-11-14/h3-7,12,14H,8-11H2,1-2H3. The number of nitrogens with zero attached hydrogens (tertiary/aromatic N) is 1. The average molecular weight is 247 g/mol. The van der Waals surface area contributed by atoms with Gasteiger partial charge in [-0.3, -0.25) is 4.79 Å². The molecule has 0 aliphatic carbocycles. The van der Waals surface area contributed by atoms with Gasteiger partial charge in [-0.1, -0.05) is 30.3 Å². The second-order valence-electron chi connectivity index (χ2n) is 5.21. The van der Waals surface area contributed by atoms with Crippen molar-refractivity contribution < 1.29 is 9.53 Å². The molecule has 1 fully saturated rings. The van der Waals surface area contributed by atoms with Gasteiger partial charge in [-0.05, 0) is 19.4 Å². The topological polar surface area (TPSA) is 29.5 Å². The summed E-state index contributed by atoms with van der Waals surface area (Å²) in [5, 5.41) is 0. The maximum absolute atomic E-state index is 12.3. The van der Waals surface area contributed by atoms with Crippen molar-refractivity contribution in [1.82, 2.24) is 4.90 Å². The Balaban J connectivity index is 1.96. The van der Waals surface area contributed by atoms with E-state index in [9.17, 15) is 4.79 Å². The zero-order valence-electron chi connectivity index (χ0n) is 11.1. The largest absolute Gasteiger partial charge is 0.381 e. The lowest BCUT2D eigenvalue weighted by Gasteiger charge is -2.31. The Kier molecular flexibility index (Phi) is 4.37. The molecule has 1 saturated heterocycles. The van der Waals surface area contributed by atoms with Gasteiger partial charge in [0.15, 0.2) is 0 Å². The summed E-state index contributed by atoms with van der Waals surface area (Å²) in [5.41, 5.74) is 1.18. The van der Waals surface area contributed by atoms with E-state index in [4.69, 9.17) is 4.74 Å². The third kappa shape index (κ3) is 3.33. The van der Waals surface area contributed by atoms with E-state index < -0.39 is 0 Å². The van der Waals surface area contributed by atoms with Crippen molar-refractivity contribution in [3.8, 4) is 0 Å². The summed E-state index contributed by atoms with van der Waals surface area (Å²) < 4.78 is 5.12. The fourth-order valence-electron chi connectivity index (χ4n) is 2.11. The molecular formula is C15H21NO2. The van der Waals surface area contributed by atoms with Gasteiger partial charge >= 0.3 is 0 Å². The normalized spacial score (nSPS) is 15.5. The molecule has 98 valence electrons. The zero-order chi connectivity index (χ0) is 13.0. The molecule has 18 heavy (non-hydrogen) atoms. The Hall–Kier alpha value is -1.35. The van der Waals surface area contributed by atoms with Crippen molar-refractivity contribution in [2.45, 2.75) is 32.9 Å². The number of rotatable bonds is 5. The van der Waals surface area contributed by atoms with Gasteiger partial charge < -0.3 is 9.64 Å². The van der Waals surface area contributed by atoms with E-state index in [0.29, 0.717) is 18.9 Å². The number of hydrogen-bond donors (Lipinski definition) is 0. The Labute approximate surface area is 109 Å². The van der Waals surface area contributed by atoms with Crippen LogP contribution < -0.4 is 0 Å². The summed E-state index contributed by atoms with van der Waals surface area (Å²) in [6.07, 6.45) is 0.616. The van der Waals surface area contributed by atoms with Crippen LogP contribution in [0.3, 0.4) is 0 Å². The molecular weight excluding hydrogens is 226 g/mol. The van der Waals surface area contributed by atoms with Gasteiger partial charge in [0.2, 0.25) is 5.91 Å². The van der Waals surface area contributed by atoms with Gasteiger partial charge in [-0.15, -0.1) is 0 Å². The second-order valence-corrected chi connectivity index (χ2v) is 5.21. The van der Waals surface area contributed by atoms with Crippen LogP contribution in [0.4, 0.5) is 0 Å². The fraction of sp³-hybridized carbons (Fsp3) is 0.533. The Morgan fingerprint density at radius 2 is 2.00 bits per heavy atom. The quantitative estimate of drug-likeness (QED) is 0.800. The highest BCUT2D eigenvalue weighted by Crippen LogP contribution is 2.18. The first kappa shape index (κ1) is 13.1. The summed E-state index contributed by atoms with van der Waals surface area (Å²) in [6.45, 7) is 6.31. The Morgan fingerprint density at radius 3 is 2.50 bits per heavy atom. The minimum absolute atomic E-state index is 0.235. The molecule has 1 heterocycles. The Morgan fingerprint density at radius 1 is 1.33 bits per heavy atom. The summed E-state index contributed by atoms with van der Waals surface area (Å²) in [4.78, 5) is 14.2. The van der Waals surface area contributed by atoms with Crippen LogP contribution in [0, 0.1) is 5.92 Å². The fourth-order valence-corrected chi connectivity index (χ4v) is 2.11. The summed E-state index contributed by atoms with van der Waals surface area (Å²) >= 11 is 0. The molecule has 1 amide bonds. The lowest BCUT2D eigenvalue weighted by molar-refractivity contribution is -0.139. The third-order valence-electron chi connectivity index (χ3n) is 3.31. The lowest BCUT2D eigenvalue weighted by Crippen LogP contribution is -2.40. The summed E-state index contributed by atoms with van der Waals surface area (Å²) in [6, 6.07) is 10.4. The first-order chi connectivity index (χ1) is 8.66. The van der Waals surface area contributed by atoms with E-state index >= 15 is 0 Å². The first-order valence-corrected chi connectivity index (χ1v) is 6.58. The van der Waals surface area contributed by atoms with Crippen LogP contribution in [-0.2, 0) is 16.1 Å². The molecule has 0 radical (unpaired) electrons. The van der Waals surface area contributed by atoms with E-state index in [2.05, 4.69) is 26.0 Å². The SMILES string of the molecule is CC(C)N(Cc1ccccc1)C(=O)CC1COC1. The highest BCUT2D eigenvalue weighted by Gasteiger charge is 2.25. The van der Waals surface area contributed by atoms with Crippen LogP contribution in [0.15, 0.2) is 30.3 Å². The van der Waals surface area contributed by atoms with Crippen LogP contribution in [0.2, 0.25) is 0 Å². The van der Waals surface area contributed by atoms with Crippen molar-refractivity contribution in [2.24, 2.45) is 5.92 Å². The molecule has 3 heteroatoms. The minimum atomic E-state index is 0.235. The molecule has 0 aromatic heterocycles. The first-order valence-electron chi connectivity index (χ1n) is 6.58. The molecule has 0 bridgehead atoms. The maximum Gasteiger partial charge on any atom is 0.223 e. The number of benzene rings is 1. The van der Waals surface area contributed by atoms with Crippen LogP contribution in [0.25, 0.3) is 0 Å². The molecule has 1 aliphatic heterocycles. The monoisotopic (exact) mass is 247 g/mol. The predicted molar refractivity (Wildman–Crippen MR) is 71.1 cm³/mol. The molecule has 0 unspecified atom stereocenters. The van der Waals surface area contributed by atoms with Gasteiger partial charge in [-0.25, -0.2) is 0 Å². The smallest absolute Gasteiger partial charge is 0.223 e. The van der Waals surface area contributed by atoms with Crippen molar-refractivity contribution in [2.75, 3.05) is 13.2 Å². The average Bonchev–Trinajstić information content (AvgIpc) is 2.31. The molecule has 1 aromatic carbocycles. The molecule has 0 N–H and O–H groups in total. The van der Waals surface area contributed by atoms with E-state index in [1.165, 1.54) is 5.56 Å². The number of ether oxygens (including phenoxy) is 1. The van der Waals surface area contributed by atoms with Gasteiger partial charge in [-0.2, -0.15) is 0 Å². The highest BCUT2D eigenvalue weighted by atomic mass is 16.5. The van der Waals surface area contributed by atoms with Gasteiger partial charge in [0, 0.05) is 24.9 Å². The van der Waals surface area contributed by atoms with Crippen molar-refractivity contribution in [3.63, 3.8) is 0 Å². The van der Waals surface area contributed by atoms with E-state index in [0.717, 1.165) is 13.2 Å². The molecule has 3 nitrogen and oxygen atoms in total.